The Hall–Kier alpha value is -3.84. The summed E-state index contributed by atoms with van der Waals surface area (Å²) >= 11 is 0. The number of carbonyl (C=O) groups excluding carboxylic acids is 1. The molecule has 13 heteroatoms. The maximum atomic E-state index is 13.5. The molecule has 1 spiro atoms. The van der Waals surface area contributed by atoms with Crippen LogP contribution in [-0.2, 0) is 10.9 Å². The third kappa shape index (κ3) is 2.93. The molecule has 38 heavy (non-hydrogen) atoms. The van der Waals surface area contributed by atoms with Crippen LogP contribution < -0.4 is 11.5 Å². The first kappa shape index (κ1) is 24.5. The van der Waals surface area contributed by atoms with Crippen molar-refractivity contribution in [3.05, 3.63) is 59.7 Å². The number of guanidine groups is 2. The Kier molecular flexibility index (Phi) is 4.90. The summed E-state index contributed by atoms with van der Waals surface area (Å²) in [6.45, 7) is 1.56. The number of nitrogens with zero attached hydrogens (tertiary/aromatic N) is 4. The van der Waals surface area contributed by atoms with Gasteiger partial charge in [0.25, 0.3) is 0 Å². The van der Waals surface area contributed by atoms with Crippen molar-refractivity contribution in [3.63, 3.8) is 0 Å². The van der Waals surface area contributed by atoms with Crippen molar-refractivity contribution in [2.75, 3.05) is 13.2 Å². The highest BCUT2D eigenvalue weighted by atomic mass is 19.4. The average Bonchev–Trinajstić information content (AvgIpc) is 3.27. The average molecular weight is 531 g/mol. The van der Waals surface area contributed by atoms with Crippen LogP contribution in [-0.4, -0.2) is 74.7 Å². The summed E-state index contributed by atoms with van der Waals surface area (Å²) in [6.07, 6.45) is -4.16. The van der Waals surface area contributed by atoms with E-state index < -0.39 is 46.5 Å². The minimum absolute atomic E-state index is 0.00106. The van der Waals surface area contributed by atoms with E-state index in [0.29, 0.717) is 12.0 Å². The van der Waals surface area contributed by atoms with Gasteiger partial charge in [-0.05, 0) is 29.3 Å². The summed E-state index contributed by atoms with van der Waals surface area (Å²) in [5, 5.41) is 21.8. The molecular formula is C25H25F3N6O4. The lowest BCUT2D eigenvalue weighted by atomic mass is 9.80. The van der Waals surface area contributed by atoms with Gasteiger partial charge in [-0.1, -0.05) is 37.3 Å². The molecule has 0 aromatic heterocycles. The minimum Gasteiger partial charge on any atom is -0.453 e. The fourth-order valence-corrected chi connectivity index (χ4v) is 6.56. The summed E-state index contributed by atoms with van der Waals surface area (Å²) < 4.78 is 46.4. The highest BCUT2D eigenvalue weighted by Gasteiger charge is 2.89. The molecule has 5 atom stereocenters. The molecule has 4 aliphatic rings. The number of fused-ring (bicyclic) bond motifs is 1. The third-order valence-electron chi connectivity index (χ3n) is 8.46. The van der Waals surface area contributed by atoms with Gasteiger partial charge in [0.2, 0.25) is 5.96 Å². The van der Waals surface area contributed by atoms with Gasteiger partial charge in [0.15, 0.2) is 11.6 Å². The number of rotatable bonds is 4. The number of hydroxylamine groups is 2. The van der Waals surface area contributed by atoms with Gasteiger partial charge in [-0.2, -0.15) is 18.2 Å². The zero-order valence-electron chi connectivity index (χ0n) is 20.2. The second-order valence-corrected chi connectivity index (χ2v) is 10.3. The SMILES string of the molecule is CC12CC1(OC(=O)c1ccc(-c3ccccc3C(F)(F)F)cc1)CN1C(N)=NC(CO)C3N=C(N)N(O)C312. The number of halogens is 3. The third-order valence-corrected chi connectivity index (χ3v) is 8.46. The van der Waals surface area contributed by atoms with Crippen molar-refractivity contribution < 1.29 is 33.0 Å². The van der Waals surface area contributed by atoms with Crippen molar-refractivity contribution in [3.8, 4) is 11.1 Å². The molecular weight excluding hydrogens is 505 g/mol. The number of nitrogens with two attached hydrogens (primary N) is 2. The molecule has 1 aliphatic carbocycles. The number of aliphatic hydroxyl groups is 1. The topological polar surface area (TPSA) is 150 Å². The van der Waals surface area contributed by atoms with Gasteiger partial charge in [0.05, 0.1) is 29.7 Å². The monoisotopic (exact) mass is 530 g/mol. The van der Waals surface area contributed by atoms with Gasteiger partial charge < -0.3 is 26.2 Å². The maximum Gasteiger partial charge on any atom is 0.417 e. The Morgan fingerprint density at radius 3 is 2.47 bits per heavy atom. The van der Waals surface area contributed by atoms with E-state index in [0.717, 1.165) is 11.1 Å². The van der Waals surface area contributed by atoms with E-state index in [9.17, 15) is 28.3 Å². The Labute approximate surface area is 215 Å². The maximum absolute atomic E-state index is 13.5. The summed E-state index contributed by atoms with van der Waals surface area (Å²) in [7, 11) is 0. The van der Waals surface area contributed by atoms with Gasteiger partial charge in [0, 0.05) is 6.42 Å². The number of aliphatic imine (C=N–C) groups is 2. The fourth-order valence-electron chi connectivity index (χ4n) is 6.56. The Bertz CT molecular complexity index is 1400. The lowest BCUT2D eigenvalue weighted by molar-refractivity contribution is -0.181. The van der Waals surface area contributed by atoms with Crippen molar-refractivity contribution in [2.24, 2.45) is 26.9 Å². The fraction of sp³-hybridized carbons (Fsp3) is 0.400. The zero-order chi connectivity index (χ0) is 27.3. The lowest BCUT2D eigenvalue weighted by Crippen LogP contribution is -2.72. The van der Waals surface area contributed by atoms with E-state index in [4.69, 9.17) is 16.2 Å². The molecule has 200 valence electrons. The summed E-state index contributed by atoms with van der Waals surface area (Å²) in [6, 6.07) is 9.41. The van der Waals surface area contributed by atoms with Gasteiger partial charge in [-0.15, -0.1) is 0 Å². The highest BCUT2D eigenvalue weighted by Crippen LogP contribution is 2.74. The molecule has 0 amide bonds. The van der Waals surface area contributed by atoms with Crippen molar-refractivity contribution in [2.45, 2.75) is 42.9 Å². The molecule has 6 N–H and O–H groups in total. The molecule has 1 saturated heterocycles. The quantitative estimate of drug-likeness (QED) is 0.437. The van der Waals surface area contributed by atoms with Crippen LogP contribution in [0.3, 0.4) is 0 Å². The van der Waals surface area contributed by atoms with E-state index >= 15 is 0 Å². The molecule has 2 fully saturated rings. The van der Waals surface area contributed by atoms with Gasteiger partial charge in [-0.3, -0.25) is 5.21 Å². The van der Waals surface area contributed by atoms with Crippen LogP contribution in [0.2, 0.25) is 0 Å². The Morgan fingerprint density at radius 1 is 1.13 bits per heavy atom. The Balaban J connectivity index is 1.29. The predicted molar refractivity (Wildman–Crippen MR) is 129 cm³/mol. The van der Waals surface area contributed by atoms with Crippen molar-refractivity contribution in [1.82, 2.24) is 9.96 Å². The summed E-state index contributed by atoms with van der Waals surface area (Å²) in [4.78, 5) is 23.5. The predicted octanol–water partition coefficient (Wildman–Crippen LogP) is 1.77. The summed E-state index contributed by atoms with van der Waals surface area (Å²) in [5.41, 5.74) is 8.62. The molecule has 0 radical (unpaired) electrons. The van der Waals surface area contributed by atoms with Gasteiger partial charge in [0.1, 0.15) is 17.7 Å². The molecule has 10 nitrogen and oxygen atoms in total. The number of hydrogen-bond donors (Lipinski definition) is 4. The zero-order valence-corrected chi connectivity index (χ0v) is 20.2. The first-order chi connectivity index (χ1) is 17.9. The second-order valence-electron chi connectivity index (χ2n) is 10.3. The number of ether oxygens (including phenoxy) is 1. The normalized spacial score (nSPS) is 33.2. The smallest absolute Gasteiger partial charge is 0.417 e. The number of hydrogen-bond acceptors (Lipinski definition) is 10. The molecule has 3 heterocycles. The van der Waals surface area contributed by atoms with E-state index in [1.54, 1.807) is 4.90 Å². The lowest BCUT2D eigenvalue weighted by Gasteiger charge is -2.50. The Morgan fingerprint density at radius 2 is 1.82 bits per heavy atom. The molecule has 5 unspecified atom stereocenters. The number of piperidine rings is 1. The first-order valence-electron chi connectivity index (χ1n) is 11.9. The molecule has 2 aromatic rings. The molecule has 1 saturated carbocycles. The highest BCUT2D eigenvalue weighted by molar-refractivity contribution is 5.92. The van der Waals surface area contributed by atoms with Gasteiger partial charge in [-0.25, -0.2) is 14.8 Å². The van der Waals surface area contributed by atoms with E-state index in [1.165, 1.54) is 42.5 Å². The van der Waals surface area contributed by atoms with E-state index in [1.807, 2.05) is 6.92 Å². The number of aliphatic hydroxyl groups excluding tert-OH is 1. The van der Waals surface area contributed by atoms with Crippen LogP contribution in [0.25, 0.3) is 11.1 Å². The van der Waals surface area contributed by atoms with Crippen molar-refractivity contribution in [1.29, 1.82) is 0 Å². The van der Waals surface area contributed by atoms with Crippen LogP contribution >= 0.6 is 0 Å². The number of carbonyl (C=O) groups is 1. The largest absolute Gasteiger partial charge is 0.453 e. The molecule has 2 aromatic carbocycles. The van der Waals surface area contributed by atoms with Crippen molar-refractivity contribution >= 4 is 17.9 Å². The first-order valence-corrected chi connectivity index (χ1v) is 11.9. The van der Waals surface area contributed by atoms with Crippen LogP contribution in [0.4, 0.5) is 13.2 Å². The van der Waals surface area contributed by atoms with Crippen LogP contribution in [0.1, 0.15) is 29.3 Å². The second kappa shape index (κ2) is 7.60. The van der Waals surface area contributed by atoms with Crippen LogP contribution in [0.15, 0.2) is 58.5 Å². The summed E-state index contributed by atoms with van der Waals surface area (Å²) in [5.74, 6) is -0.781. The van der Waals surface area contributed by atoms with E-state index in [-0.39, 0.29) is 36.2 Å². The van der Waals surface area contributed by atoms with Crippen LogP contribution in [0.5, 0.6) is 0 Å². The number of alkyl halides is 3. The molecule has 6 rings (SSSR count). The van der Waals surface area contributed by atoms with Crippen LogP contribution in [0, 0.1) is 5.41 Å². The number of esters is 1. The minimum atomic E-state index is -4.52. The van der Waals surface area contributed by atoms with E-state index in [2.05, 4.69) is 9.98 Å². The molecule has 3 aliphatic heterocycles. The molecule has 0 bridgehead atoms. The number of benzene rings is 2. The van der Waals surface area contributed by atoms with Gasteiger partial charge >= 0.3 is 12.1 Å². The standard InChI is InChI=1S/C25H25F3N6O4/c1-22-11-23(22,12-33-20(29)31-17(10-35)18-24(22,33)34(37)21(30)32-18)38-19(36)14-8-6-13(7-9-14)15-4-2-3-5-16(15)25(26,27)28/h2-9,17-18,35,37H,10-12H2,1H3,(H2,29,31)(H2,30,32).